The summed E-state index contributed by atoms with van der Waals surface area (Å²) in [5.41, 5.74) is 11.6. The van der Waals surface area contributed by atoms with Crippen molar-refractivity contribution in [3.8, 4) is 11.5 Å². The zero-order valence-electron chi connectivity index (χ0n) is 25.1. The number of nitrogens with two attached hydrogens (primary N) is 1. The number of likely N-dealkylation sites (tertiary alicyclic amines) is 1. The Kier molecular flexibility index (Phi) is 14.4. The Bertz CT molecular complexity index is 1210. The van der Waals surface area contributed by atoms with E-state index in [2.05, 4.69) is 72.8 Å². The number of hydrogen-bond acceptors (Lipinski definition) is 3. The molecule has 0 saturated carbocycles. The quantitative estimate of drug-likeness (QED) is 0.207. The molecule has 1 aliphatic rings. The smallest absolute Gasteiger partial charge is 0.119 e. The predicted octanol–water partition coefficient (Wildman–Crippen LogP) is 4.77. The van der Waals surface area contributed by atoms with E-state index in [1.807, 2.05) is 36.4 Å². The molecule has 0 aromatic heterocycles. The van der Waals surface area contributed by atoms with Crippen LogP contribution in [0.1, 0.15) is 47.9 Å². The SMILES string of the molecule is Cl.N[C@H]1CCC[N+](CCCc2ccc(OCc3ccccc3)cc2)(CCCc2ccc(OCc3ccccc3)cc2)C1.[Cl-]. The monoisotopic (exact) mass is 620 g/mol. The first-order valence-corrected chi connectivity index (χ1v) is 15.3. The molecule has 0 unspecified atom stereocenters. The van der Waals surface area contributed by atoms with Crippen LogP contribution < -0.4 is 27.6 Å². The van der Waals surface area contributed by atoms with Crippen LogP contribution in [0.2, 0.25) is 0 Å². The molecule has 0 radical (unpaired) electrons. The van der Waals surface area contributed by atoms with Crippen molar-refractivity contribution in [2.24, 2.45) is 5.73 Å². The van der Waals surface area contributed by atoms with Gasteiger partial charge in [0.05, 0.1) is 32.2 Å². The molecule has 4 aromatic rings. The number of quaternary nitrogens is 1. The first-order valence-electron chi connectivity index (χ1n) is 15.3. The predicted molar refractivity (Wildman–Crippen MR) is 175 cm³/mol. The highest BCUT2D eigenvalue weighted by Crippen LogP contribution is 2.23. The average molecular weight is 622 g/mol. The van der Waals surface area contributed by atoms with Gasteiger partial charge in [0.1, 0.15) is 24.7 Å². The third-order valence-corrected chi connectivity index (χ3v) is 8.37. The van der Waals surface area contributed by atoms with Crippen LogP contribution in [0.5, 0.6) is 11.5 Å². The van der Waals surface area contributed by atoms with Crippen molar-refractivity contribution in [2.75, 3.05) is 26.2 Å². The number of rotatable bonds is 14. The topological polar surface area (TPSA) is 44.5 Å². The molecule has 0 bridgehead atoms. The molecule has 1 fully saturated rings. The van der Waals surface area contributed by atoms with Crippen LogP contribution >= 0.6 is 12.4 Å². The van der Waals surface area contributed by atoms with Crippen LogP contribution in [-0.4, -0.2) is 36.7 Å². The number of hydrogen-bond donors (Lipinski definition) is 1. The van der Waals surface area contributed by atoms with Crippen LogP contribution in [0.3, 0.4) is 0 Å². The van der Waals surface area contributed by atoms with Crippen LogP contribution in [0.4, 0.5) is 0 Å². The summed E-state index contributed by atoms with van der Waals surface area (Å²) in [6.45, 7) is 5.97. The standard InChI is InChI=1S/C37H45N2O2.2ClH/c38-35-16-9-27-39(28-35,25-7-14-31-17-21-36(22-18-31)40-29-33-10-3-1-4-11-33)26-8-15-32-19-23-37(24-20-32)41-30-34-12-5-2-6-13-34;;/h1-6,10-13,17-24,35H,7-9,14-16,25-30,38H2;2*1H/q+1;;/p-1/t35-;;/m0../s1. The molecule has 6 heteroatoms. The first-order chi connectivity index (χ1) is 20.2. The van der Waals surface area contributed by atoms with Crippen LogP contribution in [-0.2, 0) is 26.1 Å². The minimum absolute atomic E-state index is 0. The van der Waals surface area contributed by atoms with Gasteiger partial charge in [0.25, 0.3) is 0 Å². The van der Waals surface area contributed by atoms with Gasteiger partial charge in [-0.05, 0) is 72.2 Å². The van der Waals surface area contributed by atoms with Crippen molar-refractivity contribution in [3.05, 3.63) is 131 Å². The second-order valence-electron chi connectivity index (χ2n) is 11.6. The molecule has 230 valence electrons. The maximum absolute atomic E-state index is 6.51. The summed E-state index contributed by atoms with van der Waals surface area (Å²) < 4.78 is 13.1. The van der Waals surface area contributed by atoms with Crippen molar-refractivity contribution >= 4 is 12.4 Å². The average Bonchev–Trinajstić information content (AvgIpc) is 3.01. The fourth-order valence-corrected chi connectivity index (χ4v) is 6.11. The Hall–Kier alpha value is -3.02. The minimum atomic E-state index is 0. The highest BCUT2D eigenvalue weighted by molar-refractivity contribution is 5.85. The van der Waals surface area contributed by atoms with Crippen molar-refractivity contribution in [2.45, 2.75) is 57.8 Å². The van der Waals surface area contributed by atoms with Gasteiger partial charge in [-0.25, -0.2) is 0 Å². The number of ether oxygens (including phenoxy) is 2. The lowest BCUT2D eigenvalue weighted by Crippen LogP contribution is -3.00. The van der Waals surface area contributed by atoms with Gasteiger partial charge in [-0.3, -0.25) is 0 Å². The molecule has 43 heavy (non-hydrogen) atoms. The molecule has 0 spiro atoms. The molecule has 1 heterocycles. The van der Waals surface area contributed by atoms with E-state index in [9.17, 15) is 0 Å². The number of halogens is 2. The van der Waals surface area contributed by atoms with Crippen molar-refractivity contribution in [1.29, 1.82) is 0 Å². The number of benzene rings is 4. The van der Waals surface area contributed by atoms with Gasteiger partial charge in [0.2, 0.25) is 0 Å². The van der Waals surface area contributed by atoms with Crippen molar-refractivity contribution < 1.29 is 26.4 Å². The minimum Gasteiger partial charge on any atom is -1.00 e. The fourth-order valence-electron chi connectivity index (χ4n) is 6.11. The van der Waals surface area contributed by atoms with Crippen LogP contribution in [0.25, 0.3) is 0 Å². The molecule has 1 aliphatic heterocycles. The number of piperidine rings is 1. The van der Waals surface area contributed by atoms with E-state index in [4.69, 9.17) is 15.2 Å². The fraction of sp³-hybridized carbons (Fsp3) is 0.351. The van der Waals surface area contributed by atoms with E-state index in [0.717, 1.165) is 41.8 Å². The summed E-state index contributed by atoms with van der Waals surface area (Å²) in [5, 5.41) is 0. The molecule has 0 aliphatic carbocycles. The van der Waals surface area contributed by atoms with Gasteiger partial charge in [-0.15, -0.1) is 12.4 Å². The molecule has 5 rings (SSSR count). The summed E-state index contributed by atoms with van der Waals surface area (Å²) in [7, 11) is 0. The van der Waals surface area contributed by atoms with Gasteiger partial charge in [-0.2, -0.15) is 0 Å². The van der Waals surface area contributed by atoms with Gasteiger partial charge < -0.3 is 32.1 Å². The van der Waals surface area contributed by atoms with E-state index in [0.29, 0.717) is 19.3 Å². The summed E-state index contributed by atoms with van der Waals surface area (Å²) >= 11 is 0. The third kappa shape index (κ3) is 11.2. The van der Waals surface area contributed by atoms with Gasteiger partial charge in [0, 0.05) is 12.8 Å². The third-order valence-electron chi connectivity index (χ3n) is 8.37. The number of nitrogens with zero attached hydrogens (tertiary/aromatic N) is 1. The van der Waals surface area contributed by atoms with E-state index >= 15 is 0 Å². The Morgan fingerprint density at radius 3 is 1.47 bits per heavy atom. The lowest BCUT2D eigenvalue weighted by atomic mass is 10.00. The number of aryl methyl sites for hydroxylation is 2. The Morgan fingerprint density at radius 1 is 0.605 bits per heavy atom. The normalized spacial score (nSPS) is 15.5. The lowest BCUT2D eigenvalue weighted by molar-refractivity contribution is -0.933. The first kappa shape index (κ1) is 34.5. The van der Waals surface area contributed by atoms with E-state index < -0.39 is 0 Å². The maximum atomic E-state index is 6.51. The molecule has 4 aromatic carbocycles. The van der Waals surface area contributed by atoms with Gasteiger partial charge in [0.15, 0.2) is 0 Å². The highest BCUT2D eigenvalue weighted by atomic mass is 35.5. The molecular formula is C37H46Cl2N2O2. The second kappa shape index (κ2) is 17.9. The maximum Gasteiger partial charge on any atom is 0.119 e. The second-order valence-corrected chi connectivity index (χ2v) is 11.6. The van der Waals surface area contributed by atoms with Gasteiger partial charge in [-0.1, -0.05) is 84.9 Å². The summed E-state index contributed by atoms with van der Waals surface area (Å²) in [6.07, 6.45) is 6.96. The molecule has 0 amide bonds. The molecular weight excluding hydrogens is 575 g/mol. The Balaban J connectivity index is 0.00000253. The van der Waals surface area contributed by atoms with E-state index in [1.165, 1.54) is 61.2 Å². The summed E-state index contributed by atoms with van der Waals surface area (Å²) in [4.78, 5) is 0. The van der Waals surface area contributed by atoms with E-state index in [-0.39, 0.29) is 24.8 Å². The summed E-state index contributed by atoms with van der Waals surface area (Å²) in [5.74, 6) is 1.86. The largest absolute Gasteiger partial charge is 1.00 e. The van der Waals surface area contributed by atoms with Crippen LogP contribution in [0, 0.1) is 0 Å². The lowest BCUT2D eigenvalue weighted by Gasteiger charge is -2.44. The van der Waals surface area contributed by atoms with Crippen LogP contribution in [0.15, 0.2) is 109 Å². The Labute approximate surface area is 270 Å². The molecule has 4 nitrogen and oxygen atoms in total. The van der Waals surface area contributed by atoms with Crippen molar-refractivity contribution in [3.63, 3.8) is 0 Å². The zero-order chi connectivity index (χ0) is 28.2. The Morgan fingerprint density at radius 2 is 1.05 bits per heavy atom. The summed E-state index contributed by atoms with van der Waals surface area (Å²) in [6, 6.07) is 38.3. The highest BCUT2D eigenvalue weighted by Gasteiger charge is 2.32. The van der Waals surface area contributed by atoms with Gasteiger partial charge >= 0.3 is 0 Å². The van der Waals surface area contributed by atoms with Crippen molar-refractivity contribution in [1.82, 2.24) is 0 Å². The van der Waals surface area contributed by atoms with E-state index in [1.54, 1.807) is 0 Å². The molecule has 1 saturated heterocycles. The molecule has 2 N–H and O–H groups in total. The molecule has 1 atom stereocenters. The zero-order valence-corrected chi connectivity index (χ0v) is 26.7.